The van der Waals surface area contributed by atoms with Gasteiger partial charge < -0.3 is 15.2 Å². The summed E-state index contributed by atoms with van der Waals surface area (Å²) in [6.45, 7) is 2.92. The number of carbonyl (C=O) groups is 2. The van der Waals surface area contributed by atoms with Gasteiger partial charge in [-0.25, -0.2) is 13.2 Å². The highest BCUT2D eigenvalue weighted by Gasteiger charge is 2.22. The maximum atomic E-state index is 12.8. The lowest BCUT2D eigenvalue weighted by molar-refractivity contribution is -0.125. The third kappa shape index (κ3) is 4.76. The molecule has 0 aliphatic rings. The molecule has 27 heavy (non-hydrogen) atoms. The fourth-order valence-electron chi connectivity index (χ4n) is 2.23. The molecule has 0 bridgehead atoms. The quantitative estimate of drug-likeness (QED) is 0.693. The van der Waals surface area contributed by atoms with Crippen LogP contribution in [-0.4, -0.2) is 33.5 Å². The van der Waals surface area contributed by atoms with Gasteiger partial charge in [0.1, 0.15) is 5.75 Å². The lowest BCUT2D eigenvalue weighted by Gasteiger charge is -2.14. The van der Waals surface area contributed by atoms with Crippen molar-refractivity contribution in [3.05, 3.63) is 53.6 Å². The van der Waals surface area contributed by atoms with Crippen LogP contribution >= 0.6 is 0 Å². The van der Waals surface area contributed by atoms with E-state index in [0.717, 1.165) is 0 Å². The molecule has 0 saturated carbocycles. The zero-order valence-corrected chi connectivity index (χ0v) is 15.9. The predicted octanol–water partition coefficient (Wildman–Crippen LogP) is 1.84. The molecule has 9 heteroatoms. The van der Waals surface area contributed by atoms with E-state index in [1.165, 1.54) is 32.2 Å². The number of hydrogen-bond donors (Lipinski definition) is 2. The van der Waals surface area contributed by atoms with Crippen LogP contribution in [0.2, 0.25) is 0 Å². The van der Waals surface area contributed by atoms with Crippen LogP contribution in [0.5, 0.6) is 5.75 Å². The molecule has 0 radical (unpaired) electrons. The van der Waals surface area contributed by atoms with Crippen LogP contribution in [0.4, 0.5) is 5.69 Å². The van der Waals surface area contributed by atoms with E-state index >= 15 is 0 Å². The van der Waals surface area contributed by atoms with Crippen molar-refractivity contribution in [3.63, 3.8) is 0 Å². The normalized spacial score (nSPS) is 12.1. The molecular formula is C18H20N2O6S. The van der Waals surface area contributed by atoms with Crippen molar-refractivity contribution in [2.24, 2.45) is 5.73 Å². The molecule has 2 aromatic carbocycles. The summed E-state index contributed by atoms with van der Waals surface area (Å²) in [6, 6.07) is 10.6. The van der Waals surface area contributed by atoms with E-state index in [-0.39, 0.29) is 16.1 Å². The van der Waals surface area contributed by atoms with Crippen molar-refractivity contribution in [2.75, 3.05) is 11.8 Å². The van der Waals surface area contributed by atoms with Gasteiger partial charge in [-0.15, -0.1) is 0 Å². The lowest BCUT2D eigenvalue weighted by atomic mass is 10.1. The van der Waals surface area contributed by atoms with Gasteiger partial charge in [0.25, 0.3) is 15.9 Å². The van der Waals surface area contributed by atoms with Gasteiger partial charge in [0, 0.05) is 0 Å². The van der Waals surface area contributed by atoms with Gasteiger partial charge in [-0.2, -0.15) is 0 Å². The van der Waals surface area contributed by atoms with Crippen molar-refractivity contribution >= 4 is 27.6 Å². The van der Waals surface area contributed by atoms with Crippen LogP contribution in [-0.2, 0) is 19.6 Å². The Kier molecular flexibility index (Phi) is 6.06. The molecule has 144 valence electrons. The molecule has 0 spiro atoms. The van der Waals surface area contributed by atoms with E-state index in [2.05, 4.69) is 4.72 Å². The van der Waals surface area contributed by atoms with Crippen molar-refractivity contribution in [1.29, 1.82) is 0 Å². The SMILES string of the molecule is COc1ccccc1NS(=O)(=O)c1cc(C(=O)O[C@@H](C)C(N)=O)ccc1C. The van der Waals surface area contributed by atoms with Crippen LogP contribution in [0.3, 0.4) is 0 Å². The number of anilines is 1. The Morgan fingerprint density at radius 2 is 1.81 bits per heavy atom. The highest BCUT2D eigenvalue weighted by atomic mass is 32.2. The first-order valence-electron chi connectivity index (χ1n) is 7.92. The van der Waals surface area contributed by atoms with E-state index < -0.39 is 28.0 Å². The number of nitrogens with two attached hydrogens (primary N) is 1. The van der Waals surface area contributed by atoms with Crippen LogP contribution in [0.25, 0.3) is 0 Å². The van der Waals surface area contributed by atoms with E-state index in [4.69, 9.17) is 15.2 Å². The number of aryl methyl sites for hydroxylation is 1. The Bertz CT molecular complexity index is 972. The maximum Gasteiger partial charge on any atom is 0.338 e. The average Bonchev–Trinajstić information content (AvgIpc) is 2.61. The first-order valence-corrected chi connectivity index (χ1v) is 9.41. The van der Waals surface area contributed by atoms with E-state index in [0.29, 0.717) is 11.3 Å². The second kappa shape index (κ2) is 8.09. The first-order chi connectivity index (χ1) is 12.7. The second-order valence-corrected chi connectivity index (χ2v) is 7.39. The number of methoxy groups -OCH3 is 1. The highest BCUT2D eigenvalue weighted by molar-refractivity contribution is 7.92. The third-order valence-electron chi connectivity index (χ3n) is 3.75. The third-order valence-corrected chi connectivity index (χ3v) is 5.26. The summed E-state index contributed by atoms with van der Waals surface area (Å²) in [4.78, 5) is 23.1. The molecule has 0 heterocycles. The minimum Gasteiger partial charge on any atom is -0.495 e. The summed E-state index contributed by atoms with van der Waals surface area (Å²) in [5.41, 5.74) is 5.73. The second-order valence-electron chi connectivity index (χ2n) is 5.74. The number of rotatable bonds is 7. The van der Waals surface area contributed by atoms with Crippen LogP contribution in [0.1, 0.15) is 22.8 Å². The molecule has 0 aliphatic carbocycles. The Morgan fingerprint density at radius 1 is 1.15 bits per heavy atom. The molecule has 1 atom stereocenters. The van der Waals surface area contributed by atoms with Crippen LogP contribution in [0.15, 0.2) is 47.4 Å². The summed E-state index contributed by atoms with van der Waals surface area (Å²) in [5.74, 6) is -1.30. The topological polar surface area (TPSA) is 125 Å². The smallest absolute Gasteiger partial charge is 0.338 e. The molecule has 2 aromatic rings. The number of sulfonamides is 1. The molecule has 0 saturated heterocycles. The van der Waals surface area contributed by atoms with Gasteiger partial charge in [-0.3, -0.25) is 9.52 Å². The Balaban J connectivity index is 2.36. The number of benzene rings is 2. The number of ether oxygens (including phenoxy) is 2. The summed E-state index contributed by atoms with van der Waals surface area (Å²) < 4.78 is 38.1. The van der Waals surface area contributed by atoms with E-state index in [1.807, 2.05) is 0 Å². The van der Waals surface area contributed by atoms with E-state index in [9.17, 15) is 18.0 Å². The van der Waals surface area contributed by atoms with Crippen molar-refractivity contribution in [1.82, 2.24) is 0 Å². The molecule has 0 aromatic heterocycles. The van der Waals surface area contributed by atoms with Gasteiger partial charge in [0.05, 0.1) is 23.3 Å². The molecular weight excluding hydrogens is 372 g/mol. The monoisotopic (exact) mass is 392 g/mol. The number of hydrogen-bond acceptors (Lipinski definition) is 6. The zero-order chi connectivity index (χ0) is 20.2. The molecule has 0 unspecified atom stereocenters. The zero-order valence-electron chi connectivity index (χ0n) is 15.1. The molecule has 8 nitrogen and oxygen atoms in total. The molecule has 0 aliphatic heterocycles. The molecule has 0 fully saturated rings. The van der Waals surface area contributed by atoms with Crippen LogP contribution in [0, 0.1) is 6.92 Å². The summed E-state index contributed by atoms with van der Waals surface area (Å²) in [6.07, 6.45) is -1.13. The Labute approximate surface area is 157 Å². The van der Waals surface area contributed by atoms with Gasteiger partial charge in [-0.1, -0.05) is 18.2 Å². The van der Waals surface area contributed by atoms with Crippen molar-refractivity contribution < 1.29 is 27.5 Å². The highest BCUT2D eigenvalue weighted by Crippen LogP contribution is 2.27. The van der Waals surface area contributed by atoms with Crippen molar-refractivity contribution in [2.45, 2.75) is 24.8 Å². The Hall–Kier alpha value is -3.07. The number of primary amides is 1. The largest absolute Gasteiger partial charge is 0.495 e. The standard InChI is InChI=1S/C18H20N2O6S/c1-11-8-9-13(18(22)26-12(2)17(19)21)10-16(11)27(23,24)20-14-6-4-5-7-15(14)25-3/h4-10,12,20H,1-3H3,(H2,19,21)/t12-/m0/s1. The van der Waals surface area contributed by atoms with Gasteiger partial charge in [0.15, 0.2) is 6.10 Å². The van der Waals surface area contributed by atoms with Crippen molar-refractivity contribution in [3.8, 4) is 5.75 Å². The Morgan fingerprint density at radius 3 is 2.44 bits per heavy atom. The summed E-state index contributed by atoms with van der Waals surface area (Å²) in [7, 11) is -2.58. The first kappa shape index (κ1) is 20.2. The molecule has 2 rings (SSSR count). The molecule has 1 amide bonds. The average molecular weight is 392 g/mol. The minimum atomic E-state index is -4.01. The predicted molar refractivity (Wildman–Crippen MR) is 99.1 cm³/mol. The fraction of sp³-hybridized carbons (Fsp3) is 0.222. The number of para-hydroxylation sites is 2. The number of amides is 1. The summed E-state index contributed by atoms with van der Waals surface area (Å²) >= 11 is 0. The number of carbonyl (C=O) groups excluding carboxylic acids is 2. The van der Waals surface area contributed by atoms with Gasteiger partial charge >= 0.3 is 5.97 Å². The maximum absolute atomic E-state index is 12.8. The fourth-order valence-corrected chi connectivity index (χ4v) is 3.57. The number of esters is 1. The van der Waals surface area contributed by atoms with E-state index in [1.54, 1.807) is 31.2 Å². The summed E-state index contributed by atoms with van der Waals surface area (Å²) in [5, 5.41) is 0. The minimum absolute atomic E-state index is 0.0194. The van der Waals surface area contributed by atoms with Crippen LogP contribution < -0.4 is 15.2 Å². The molecule has 3 N–H and O–H groups in total. The lowest BCUT2D eigenvalue weighted by Crippen LogP contribution is -2.30. The number of nitrogens with one attached hydrogen (secondary N) is 1. The van der Waals surface area contributed by atoms with Gasteiger partial charge in [-0.05, 0) is 43.7 Å². The van der Waals surface area contributed by atoms with Gasteiger partial charge in [0.2, 0.25) is 0 Å².